The summed E-state index contributed by atoms with van der Waals surface area (Å²) in [4.78, 5) is 22.6. The van der Waals surface area contributed by atoms with Gasteiger partial charge in [-0.3, -0.25) is 9.36 Å². The maximum Gasteiger partial charge on any atom is 0.262 e. The number of rotatable bonds is 4. The van der Waals surface area contributed by atoms with Crippen LogP contribution in [0, 0.1) is 5.82 Å². The number of fused-ring (bicyclic) bond motifs is 1. The molecule has 0 bridgehead atoms. The zero-order valence-corrected chi connectivity index (χ0v) is 17.7. The standard InChI is InChI=1S/C24H15ClFN3OS/c25-16-11-9-15(10-12-16)23-27-17(14-31-23)13-29-22(18-5-1-3-7-20(18)26)28-21-8-4-2-6-19(21)24(29)30/h1-12,14H,13H2. The Morgan fingerprint density at radius 2 is 1.68 bits per heavy atom. The van der Waals surface area contributed by atoms with E-state index in [0.717, 1.165) is 10.6 Å². The van der Waals surface area contributed by atoms with Crippen molar-refractivity contribution >= 4 is 33.8 Å². The van der Waals surface area contributed by atoms with Crippen LogP contribution < -0.4 is 5.56 Å². The molecule has 2 aromatic heterocycles. The number of benzene rings is 3. The Morgan fingerprint density at radius 1 is 0.935 bits per heavy atom. The van der Waals surface area contributed by atoms with E-state index in [9.17, 15) is 9.18 Å². The molecule has 7 heteroatoms. The highest BCUT2D eigenvalue weighted by atomic mass is 35.5. The smallest absolute Gasteiger partial charge is 0.262 e. The fourth-order valence-corrected chi connectivity index (χ4v) is 4.37. The minimum atomic E-state index is -0.432. The van der Waals surface area contributed by atoms with Crippen molar-refractivity contribution in [2.24, 2.45) is 0 Å². The largest absolute Gasteiger partial charge is 0.286 e. The average molecular weight is 448 g/mol. The summed E-state index contributed by atoms with van der Waals surface area (Å²) >= 11 is 7.45. The fraction of sp³-hybridized carbons (Fsp3) is 0.0417. The van der Waals surface area contributed by atoms with Gasteiger partial charge in [-0.2, -0.15) is 0 Å². The van der Waals surface area contributed by atoms with Gasteiger partial charge in [-0.05, 0) is 36.4 Å². The summed E-state index contributed by atoms with van der Waals surface area (Å²) in [6.45, 7) is 0.185. The van der Waals surface area contributed by atoms with E-state index in [4.69, 9.17) is 11.6 Å². The lowest BCUT2D eigenvalue weighted by molar-refractivity contribution is 0.626. The number of nitrogens with zero attached hydrogens (tertiary/aromatic N) is 3. The van der Waals surface area contributed by atoms with Gasteiger partial charge in [0.15, 0.2) is 0 Å². The number of hydrogen-bond donors (Lipinski definition) is 0. The predicted octanol–water partition coefficient (Wildman–Crippen LogP) is 6.03. The van der Waals surface area contributed by atoms with Crippen molar-refractivity contribution < 1.29 is 4.39 Å². The molecule has 0 N–H and O–H groups in total. The SMILES string of the molecule is O=c1c2ccccc2nc(-c2ccccc2F)n1Cc1csc(-c2ccc(Cl)cc2)n1. The van der Waals surface area contributed by atoms with Crippen LogP contribution in [0.1, 0.15) is 5.69 Å². The van der Waals surface area contributed by atoms with Gasteiger partial charge in [-0.25, -0.2) is 14.4 Å². The third-order valence-corrected chi connectivity index (χ3v) is 6.13. The molecule has 0 amide bonds. The Balaban J connectivity index is 1.63. The van der Waals surface area contributed by atoms with Gasteiger partial charge < -0.3 is 0 Å². The van der Waals surface area contributed by atoms with Crippen LogP contribution in [0.3, 0.4) is 0 Å². The van der Waals surface area contributed by atoms with Gasteiger partial charge in [-0.1, -0.05) is 48.0 Å². The van der Waals surface area contributed by atoms with Crippen molar-refractivity contribution in [2.45, 2.75) is 6.54 Å². The molecule has 0 radical (unpaired) electrons. The first-order valence-electron chi connectivity index (χ1n) is 9.55. The number of para-hydroxylation sites is 1. The summed E-state index contributed by atoms with van der Waals surface area (Å²) in [6.07, 6.45) is 0. The highest BCUT2D eigenvalue weighted by molar-refractivity contribution is 7.13. The molecule has 3 aromatic carbocycles. The Kier molecular flexibility index (Phi) is 5.10. The molecule has 152 valence electrons. The second-order valence-electron chi connectivity index (χ2n) is 6.97. The maximum atomic E-state index is 14.6. The molecule has 2 heterocycles. The van der Waals surface area contributed by atoms with Gasteiger partial charge in [0, 0.05) is 16.0 Å². The molecule has 0 fully saturated rings. The topological polar surface area (TPSA) is 47.8 Å². The van der Waals surface area contributed by atoms with Gasteiger partial charge in [-0.15, -0.1) is 11.3 Å². The van der Waals surface area contributed by atoms with E-state index in [0.29, 0.717) is 21.6 Å². The zero-order chi connectivity index (χ0) is 21.4. The molecule has 0 saturated carbocycles. The molecule has 5 aromatic rings. The maximum absolute atomic E-state index is 14.6. The third kappa shape index (κ3) is 3.76. The Hall–Kier alpha value is -3.35. The quantitative estimate of drug-likeness (QED) is 0.338. The van der Waals surface area contributed by atoms with Crippen molar-refractivity contribution in [3.8, 4) is 22.0 Å². The van der Waals surface area contributed by atoms with E-state index in [2.05, 4.69) is 9.97 Å². The molecular weight excluding hydrogens is 433 g/mol. The second kappa shape index (κ2) is 8.06. The van der Waals surface area contributed by atoms with Crippen molar-refractivity contribution in [3.63, 3.8) is 0 Å². The molecule has 0 aliphatic carbocycles. The molecule has 31 heavy (non-hydrogen) atoms. The van der Waals surface area contributed by atoms with E-state index in [-0.39, 0.29) is 23.5 Å². The number of halogens is 2. The molecule has 0 aliphatic heterocycles. The summed E-state index contributed by atoms with van der Waals surface area (Å²) < 4.78 is 16.1. The van der Waals surface area contributed by atoms with Crippen LogP contribution in [0.25, 0.3) is 32.9 Å². The van der Waals surface area contributed by atoms with E-state index in [1.807, 2.05) is 35.7 Å². The van der Waals surface area contributed by atoms with E-state index in [1.165, 1.54) is 22.0 Å². The van der Waals surface area contributed by atoms with Crippen LogP contribution in [0.2, 0.25) is 5.02 Å². The van der Waals surface area contributed by atoms with Crippen molar-refractivity contribution in [1.82, 2.24) is 14.5 Å². The van der Waals surface area contributed by atoms with Crippen LogP contribution in [0.5, 0.6) is 0 Å². The molecule has 0 unspecified atom stereocenters. The Bertz CT molecular complexity index is 1460. The minimum absolute atomic E-state index is 0.185. The van der Waals surface area contributed by atoms with Crippen molar-refractivity contribution in [3.05, 3.63) is 105 Å². The second-order valence-corrected chi connectivity index (χ2v) is 8.27. The fourth-order valence-electron chi connectivity index (χ4n) is 3.43. The van der Waals surface area contributed by atoms with E-state index in [1.54, 1.807) is 36.4 Å². The number of thiazole rings is 1. The van der Waals surface area contributed by atoms with Gasteiger partial charge in [0.25, 0.3) is 5.56 Å². The molecule has 0 spiro atoms. The van der Waals surface area contributed by atoms with E-state index >= 15 is 0 Å². The molecule has 4 nitrogen and oxygen atoms in total. The molecule has 5 rings (SSSR count). The highest BCUT2D eigenvalue weighted by Gasteiger charge is 2.17. The summed E-state index contributed by atoms with van der Waals surface area (Å²) in [7, 11) is 0. The lowest BCUT2D eigenvalue weighted by Gasteiger charge is -2.13. The van der Waals surface area contributed by atoms with E-state index < -0.39 is 5.82 Å². The highest BCUT2D eigenvalue weighted by Crippen LogP contribution is 2.27. The zero-order valence-electron chi connectivity index (χ0n) is 16.1. The van der Waals surface area contributed by atoms with Gasteiger partial charge >= 0.3 is 0 Å². The van der Waals surface area contributed by atoms with Crippen LogP contribution in [-0.4, -0.2) is 14.5 Å². The van der Waals surface area contributed by atoms with Gasteiger partial charge in [0.05, 0.1) is 28.7 Å². The third-order valence-electron chi connectivity index (χ3n) is 4.94. The first-order valence-corrected chi connectivity index (χ1v) is 10.8. The van der Waals surface area contributed by atoms with Crippen LogP contribution in [0.15, 0.2) is 83.0 Å². The molecule has 0 aliphatic rings. The van der Waals surface area contributed by atoms with Crippen molar-refractivity contribution in [2.75, 3.05) is 0 Å². The summed E-state index contributed by atoms with van der Waals surface area (Å²) in [5.41, 5.74) is 2.22. The van der Waals surface area contributed by atoms with Gasteiger partial charge in [0.1, 0.15) is 16.6 Å². The first kappa shape index (κ1) is 19.6. The summed E-state index contributed by atoms with van der Waals surface area (Å²) in [5.74, 6) is -0.151. The van der Waals surface area contributed by atoms with Gasteiger partial charge in [0.2, 0.25) is 0 Å². The lowest BCUT2D eigenvalue weighted by Crippen LogP contribution is -2.24. The minimum Gasteiger partial charge on any atom is -0.286 e. The summed E-state index contributed by atoms with van der Waals surface area (Å²) in [6, 6.07) is 20.8. The van der Waals surface area contributed by atoms with Crippen LogP contribution >= 0.6 is 22.9 Å². The lowest BCUT2D eigenvalue weighted by atomic mass is 10.1. The average Bonchev–Trinajstić information content (AvgIpc) is 3.25. The predicted molar refractivity (Wildman–Crippen MR) is 123 cm³/mol. The Labute approximate surface area is 186 Å². The van der Waals surface area contributed by atoms with Crippen molar-refractivity contribution in [1.29, 1.82) is 0 Å². The van der Waals surface area contributed by atoms with Crippen LogP contribution in [0.4, 0.5) is 4.39 Å². The monoisotopic (exact) mass is 447 g/mol. The Morgan fingerprint density at radius 3 is 2.48 bits per heavy atom. The molecular formula is C24H15ClFN3OS. The summed E-state index contributed by atoms with van der Waals surface area (Å²) in [5, 5.41) is 3.86. The first-order chi connectivity index (χ1) is 15.1. The molecule has 0 atom stereocenters. The normalized spacial score (nSPS) is 11.2. The molecule has 0 saturated heterocycles. The number of hydrogen-bond acceptors (Lipinski definition) is 4. The van der Waals surface area contributed by atoms with Crippen LogP contribution in [-0.2, 0) is 6.54 Å². The number of aromatic nitrogens is 3.